The molecule has 0 saturated heterocycles. The van der Waals surface area contributed by atoms with E-state index in [-0.39, 0.29) is 0 Å². The predicted molar refractivity (Wildman–Crippen MR) is 87.4 cm³/mol. The molecule has 2 aromatic rings. The molecule has 1 aromatic carbocycles. The molecule has 0 aliphatic carbocycles. The molecular weight excluding hydrogens is 314 g/mol. The van der Waals surface area contributed by atoms with Gasteiger partial charge in [-0.1, -0.05) is 32.9 Å². The van der Waals surface area contributed by atoms with E-state index in [0.29, 0.717) is 5.92 Å². The fourth-order valence-corrected chi connectivity index (χ4v) is 2.81. The predicted octanol–water partition coefficient (Wildman–Crippen LogP) is 4.26. The first-order valence-electron chi connectivity index (χ1n) is 7.17. The Bertz CT molecular complexity index is 561. The van der Waals surface area contributed by atoms with Gasteiger partial charge < -0.3 is 5.32 Å². The zero-order valence-electron chi connectivity index (χ0n) is 12.4. The average Bonchev–Trinajstić information content (AvgIpc) is 2.83. The van der Waals surface area contributed by atoms with Crippen molar-refractivity contribution in [3.63, 3.8) is 0 Å². The van der Waals surface area contributed by atoms with Crippen LogP contribution in [0.15, 0.2) is 34.9 Å². The van der Waals surface area contributed by atoms with E-state index in [9.17, 15) is 0 Å². The summed E-state index contributed by atoms with van der Waals surface area (Å²) in [6, 6.07) is 8.21. The molecule has 0 atom stereocenters. The van der Waals surface area contributed by atoms with Gasteiger partial charge in [0.15, 0.2) is 0 Å². The Kier molecular flexibility index (Phi) is 5.38. The number of nitrogens with zero attached hydrogens (tertiary/aromatic N) is 2. The largest absolute Gasteiger partial charge is 0.313 e. The normalized spacial score (nSPS) is 11.2. The number of para-hydroxylation sites is 1. The number of hydrogen-bond acceptors (Lipinski definition) is 2. The van der Waals surface area contributed by atoms with E-state index in [1.165, 1.54) is 11.3 Å². The second-order valence-corrected chi connectivity index (χ2v) is 6.10. The van der Waals surface area contributed by atoms with Gasteiger partial charge in [0.2, 0.25) is 0 Å². The minimum Gasteiger partial charge on any atom is -0.313 e. The molecule has 0 radical (unpaired) electrons. The minimum atomic E-state index is 0.433. The number of nitrogens with one attached hydrogen (secondary N) is 1. The second-order valence-electron chi connectivity index (χ2n) is 5.25. The van der Waals surface area contributed by atoms with Crippen LogP contribution in [0.1, 0.15) is 44.4 Å². The smallest absolute Gasteiger partial charge is 0.0790 e. The number of aromatic nitrogens is 2. The van der Waals surface area contributed by atoms with Gasteiger partial charge in [-0.15, -0.1) is 0 Å². The Labute approximate surface area is 129 Å². The Morgan fingerprint density at radius 1 is 1.30 bits per heavy atom. The van der Waals surface area contributed by atoms with Crippen LogP contribution in [0.3, 0.4) is 0 Å². The summed E-state index contributed by atoms with van der Waals surface area (Å²) in [7, 11) is 0. The van der Waals surface area contributed by atoms with E-state index >= 15 is 0 Å². The monoisotopic (exact) mass is 335 g/mol. The van der Waals surface area contributed by atoms with Crippen molar-refractivity contribution in [3.05, 3.63) is 46.2 Å². The van der Waals surface area contributed by atoms with Gasteiger partial charge in [0.25, 0.3) is 0 Å². The van der Waals surface area contributed by atoms with Crippen LogP contribution in [-0.4, -0.2) is 16.3 Å². The molecule has 0 aliphatic heterocycles. The first-order valence-corrected chi connectivity index (χ1v) is 7.96. The van der Waals surface area contributed by atoms with E-state index in [4.69, 9.17) is 0 Å². The fraction of sp³-hybridized carbons (Fsp3) is 0.438. The third-order valence-corrected chi connectivity index (χ3v) is 3.93. The maximum absolute atomic E-state index is 4.59. The van der Waals surface area contributed by atoms with Gasteiger partial charge >= 0.3 is 0 Å². The molecule has 1 N–H and O–H groups in total. The highest BCUT2D eigenvalue weighted by Gasteiger charge is 2.16. The van der Waals surface area contributed by atoms with Gasteiger partial charge in [0.1, 0.15) is 0 Å². The number of halogens is 1. The third kappa shape index (κ3) is 3.30. The summed E-state index contributed by atoms with van der Waals surface area (Å²) in [5.74, 6) is 0.433. The molecule has 4 heteroatoms. The SMILES string of the molecule is CCCNCc1cnn(-c2ccccc2Br)c1C(C)C. The highest BCUT2D eigenvalue weighted by Crippen LogP contribution is 2.27. The maximum Gasteiger partial charge on any atom is 0.0790 e. The molecule has 1 aromatic heterocycles. The van der Waals surface area contributed by atoms with Crippen molar-refractivity contribution in [1.29, 1.82) is 0 Å². The van der Waals surface area contributed by atoms with E-state index in [1.807, 2.05) is 18.3 Å². The van der Waals surface area contributed by atoms with Gasteiger partial charge in [0.05, 0.1) is 17.6 Å². The first kappa shape index (κ1) is 15.3. The zero-order valence-corrected chi connectivity index (χ0v) is 13.9. The maximum atomic E-state index is 4.59. The van der Waals surface area contributed by atoms with Crippen molar-refractivity contribution >= 4 is 15.9 Å². The zero-order chi connectivity index (χ0) is 14.5. The molecule has 0 spiro atoms. The van der Waals surface area contributed by atoms with E-state index in [2.05, 4.69) is 63.9 Å². The fourth-order valence-electron chi connectivity index (χ4n) is 2.36. The standard InChI is InChI=1S/C16H22BrN3/c1-4-9-18-10-13-11-19-20(16(13)12(2)3)15-8-6-5-7-14(15)17/h5-8,11-12,18H,4,9-10H2,1-3H3. The van der Waals surface area contributed by atoms with Crippen molar-refractivity contribution in [2.24, 2.45) is 0 Å². The van der Waals surface area contributed by atoms with Crippen LogP contribution < -0.4 is 5.32 Å². The van der Waals surface area contributed by atoms with Gasteiger partial charge in [-0.2, -0.15) is 5.10 Å². The van der Waals surface area contributed by atoms with Crippen molar-refractivity contribution in [2.75, 3.05) is 6.54 Å². The van der Waals surface area contributed by atoms with Crippen LogP contribution in [0.5, 0.6) is 0 Å². The van der Waals surface area contributed by atoms with E-state index in [1.54, 1.807) is 0 Å². The van der Waals surface area contributed by atoms with Crippen LogP contribution in [0.4, 0.5) is 0 Å². The van der Waals surface area contributed by atoms with Gasteiger partial charge in [0, 0.05) is 16.6 Å². The molecule has 0 aliphatic rings. The molecule has 0 unspecified atom stereocenters. The topological polar surface area (TPSA) is 29.9 Å². The average molecular weight is 336 g/mol. The highest BCUT2D eigenvalue weighted by atomic mass is 79.9. The molecule has 3 nitrogen and oxygen atoms in total. The molecular formula is C16H22BrN3. The summed E-state index contributed by atoms with van der Waals surface area (Å²) in [5.41, 5.74) is 3.66. The van der Waals surface area contributed by atoms with Crippen LogP contribution in [0.25, 0.3) is 5.69 Å². The van der Waals surface area contributed by atoms with Crippen LogP contribution in [-0.2, 0) is 6.54 Å². The Balaban J connectivity index is 2.37. The Morgan fingerprint density at radius 2 is 2.05 bits per heavy atom. The number of rotatable bonds is 6. The second kappa shape index (κ2) is 7.04. The first-order chi connectivity index (χ1) is 9.65. The summed E-state index contributed by atoms with van der Waals surface area (Å²) in [6.07, 6.45) is 3.13. The van der Waals surface area contributed by atoms with E-state index in [0.717, 1.165) is 29.7 Å². The summed E-state index contributed by atoms with van der Waals surface area (Å²) >= 11 is 3.61. The quantitative estimate of drug-likeness (QED) is 0.799. The molecule has 0 bridgehead atoms. The van der Waals surface area contributed by atoms with Crippen molar-refractivity contribution in [1.82, 2.24) is 15.1 Å². The Morgan fingerprint density at radius 3 is 2.70 bits per heavy atom. The van der Waals surface area contributed by atoms with Crippen LogP contribution >= 0.6 is 15.9 Å². The summed E-state index contributed by atoms with van der Waals surface area (Å²) < 4.78 is 3.12. The van der Waals surface area contributed by atoms with Gasteiger partial charge in [-0.05, 0) is 46.9 Å². The lowest BCUT2D eigenvalue weighted by Gasteiger charge is -2.14. The highest BCUT2D eigenvalue weighted by molar-refractivity contribution is 9.10. The molecule has 108 valence electrons. The van der Waals surface area contributed by atoms with Gasteiger partial charge in [-0.25, -0.2) is 4.68 Å². The summed E-state index contributed by atoms with van der Waals surface area (Å²) in [4.78, 5) is 0. The lowest BCUT2D eigenvalue weighted by Crippen LogP contribution is -2.15. The minimum absolute atomic E-state index is 0.433. The van der Waals surface area contributed by atoms with Gasteiger partial charge in [-0.3, -0.25) is 0 Å². The Hall–Kier alpha value is -1.13. The molecule has 20 heavy (non-hydrogen) atoms. The van der Waals surface area contributed by atoms with Crippen LogP contribution in [0, 0.1) is 0 Å². The molecule has 2 rings (SSSR count). The molecule has 0 amide bonds. The van der Waals surface area contributed by atoms with Crippen molar-refractivity contribution in [2.45, 2.75) is 39.7 Å². The number of hydrogen-bond donors (Lipinski definition) is 1. The summed E-state index contributed by atoms with van der Waals surface area (Å²) in [5, 5.41) is 8.05. The lowest BCUT2D eigenvalue weighted by atomic mass is 10.1. The van der Waals surface area contributed by atoms with E-state index < -0.39 is 0 Å². The third-order valence-electron chi connectivity index (χ3n) is 3.26. The molecule has 0 saturated carbocycles. The van der Waals surface area contributed by atoms with Crippen molar-refractivity contribution < 1.29 is 0 Å². The van der Waals surface area contributed by atoms with Crippen molar-refractivity contribution in [3.8, 4) is 5.69 Å². The number of benzene rings is 1. The summed E-state index contributed by atoms with van der Waals surface area (Å²) in [6.45, 7) is 8.53. The lowest BCUT2D eigenvalue weighted by molar-refractivity contribution is 0.658. The molecule has 1 heterocycles. The molecule has 0 fully saturated rings. The van der Waals surface area contributed by atoms with Crippen LogP contribution in [0.2, 0.25) is 0 Å².